The Kier molecular flexibility index (Phi) is 3.19. The van der Waals surface area contributed by atoms with Crippen molar-refractivity contribution in [2.75, 3.05) is 12.8 Å². The Labute approximate surface area is 105 Å². The Morgan fingerprint density at radius 3 is 2.28 bits per heavy atom. The molecule has 6 heteroatoms. The van der Waals surface area contributed by atoms with E-state index in [2.05, 4.69) is 0 Å². The van der Waals surface area contributed by atoms with E-state index in [1.807, 2.05) is 0 Å². The molecule has 0 saturated heterocycles. The highest BCUT2D eigenvalue weighted by Gasteiger charge is 2.40. The SMILES string of the molecule is CS(=O)(=O)c1ccc(C2(CN)CCC2)c(F)c1F. The molecule has 2 rings (SSSR count). The van der Waals surface area contributed by atoms with Gasteiger partial charge in [-0.15, -0.1) is 0 Å². The van der Waals surface area contributed by atoms with Gasteiger partial charge in [-0.3, -0.25) is 0 Å². The molecular formula is C12H15F2NO2S. The number of halogens is 2. The van der Waals surface area contributed by atoms with Crippen LogP contribution in [-0.2, 0) is 15.3 Å². The smallest absolute Gasteiger partial charge is 0.178 e. The Morgan fingerprint density at radius 1 is 1.28 bits per heavy atom. The summed E-state index contributed by atoms with van der Waals surface area (Å²) in [6.45, 7) is 0.238. The van der Waals surface area contributed by atoms with Crippen molar-refractivity contribution in [1.82, 2.24) is 0 Å². The van der Waals surface area contributed by atoms with Crippen LogP contribution in [0.5, 0.6) is 0 Å². The van der Waals surface area contributed by atoms with E-state index in [0.29, 0.717) is 12.8 Å². The minimum absolute atomic E-state index is 0.196. The van der Waals surface area contributed by atoms with Crippen molar-refractivity contribution in [3.05, 3.63) is 29.3 Å². The van der Waals surface area contributed by atoms with Gasteiger partial charge < -0.3 is 5.73 Å². The maximum Gasteiger partial charge on any atom is 0.178 e. The highest BCUT2D eigenvalue weighted by molar-refractivity contribution is 7.90. The van der Waals surface area contributed by atoms with Crippen LogP contribution in [-0.4, -0.2) is 21.2 Å². The van der Waals surface area contributed by atoms with Gasteiger partial charge in [-0.25, -0.2) is 17.2 Å². The normalized spacial score (nSPS) is 18.4. The molecule has 0 aliphatic heterocycles. The average molecular weight is 275 g/mol. The number of hydrogen-bond acceptors (Lipinski definition) is 3. The predicted molar refractivity (Wildman–Crippen MR) is 64.1 cm³/mol. The molecule has 0 spiro atoms. The van der Waals surface area contributed by atoms with Crippen LogP contribution in [0, 0.1) is 11.6 Å². The fourth-order valence-corrected chi connectivity index (χ4v) is 3.15. The standard InChI is InChI=1S/C12H15F2NO2S/c1-18(16,17)9-4-3-8(10(13)11(9)14)12(7-15)5-2-6-12/h3-4H,2,5-7,15H2,1H3. The van der Waals surface area contributed by atoms with E-state index < -0.39 is 31.8 Å². The van der Waals surface area contributed by atoms with E-state index in [-0.39, 0.29) is 12.1 Å². The van der Waals surface area contributed by atoms with E-state index in [4.69, 9.17) is 5.73 Å². The van der Waals surface area contributed by atoms with Crippen molar-refractivity contribution in [2.45, 2.75) is 29.6 Å². The van der Waals surface area contributed by atoms with E-state index in [1.54, 1.807) is 0 Å². The summed E-state index contributed by atoms with van der Waals surface area (Å²) in [7, 11) is -3.76. The minimum Gasteiger partial charge on any atom is -0.330 e. The predicted octanol–water partition coefficient (Wildman–Crippen LogP) is 1.75. The summed E-state index contributed by atoms with van der Waals surface area (Å²) in [5, 5.41) is 0. The van der Waals surface area contributed by atoms with Crippen LogP contribution < -0.4 is 5.73 Å². The molecule has 1 aliphatic carbocycles. The van der Waals surface area contributed by atoms with Gasteiger partial charge in [0.15, 0.2) is 21.5 Å². The van der Waals surface area contributed by atoms with Gasteiger partial charge in [0.25, 0.3) is 0 Å². The maximum atomic E-state index is 14.0. The third kappa shape index (κ3) is 1.93. The largest absolute Gasteiger partial charge is 0.330 e. The van der Waals surface area contributed by atoms with Gasteiger partial charge in [0.2, 0.25) is 0 Å². The van der Waals surface area contributed by atoms with Crippen molar-refractivity contribution in [2.24, 2.45) is 5.73 Å². The Morgan fingerprint density at radius 2 is 1.89 bits per heavy atom. The summed E-state index contributed by atoms with van der Waals surface area (Å²) < 4.78 is 50.4. The quantitative estimate of drug-likeness (QED) is 0.914. The molecular weight excluding hydrogens is 260 g/mol. The van der Waals surface area contributed by atoms with Gasteiger partial charge in [0.1, 0.15) is 4.90 Å². The molecule has 3 nitrogen and oxygen atoms in total. The summed E-state index contributed by atoms with van der Waals surface area (Å²) in [5.74, 6) is -2.38. The number of rotatable bonds is 3. The summed E-state index contributed by atoms with van der Waals surface area (Å²) in [6, 6.07) is 2.47. The topological polar surface area (TPSA) is 60.2 Å². The molecule has 0 atom stereocenters. The van der Waals surface area contributed by atoms with Crippen LogP contribution in [0.15, 0.2) is 17.0 Å². The van der Waals surface area contributed by atoms with Crippen LogP contribution in [0.1, 0.15) is 24.8 Å². The molecule has 1 aromatic rings. The van der Waals surface area contributed by atoms with E-state index in [0.717, 1.165) is 18.7 Å². The highest BCUT2D eigenvalue weighted by Crippen LogP contribution is 2.44. The first-order valence-electron chi connectivity index (χ1n) is 5.70. The highest BCUT2D eigenvalue weighted by atomic mass is 32.2. The second kappa shape index (κ2) is 4.28. The van der Waals surface area contributed by atoms with Crippen molar-refractivity contribution < 1.29 is 17.2 Å². The van der Waals surface area contributed by atoms with Crippen molar-refractivity contribution in [3.8, 4) is 0 Å². The van der Waals surface area contributed by atoms with E-state index in [1.165, 1.54) is 6.07 Å². The van der Waals surface area contributed by atoms with Gasteiger partial charge in [-0.1, -0.05) is 12.5 Å². The zero-order valence-corrected chi connectivity index (χ0v) is 10.9. The molecule has 18 heavy (non-hydrogen) atoms. The second-order valence-electron chi connectivity index (χ2n) is 4.85. The fourth-order valence-electron chi connectivity index (χ4n) is 2.41. The molecule has 1 aromatic carbocycles. The molecule has 0 amide bonds. The average Bonchev–Trinajstić information content (AvgIpc) is 2.21. The molecule has 0 bridgehead atoms. The number of sulfone groups is 1. The van der Waals surface area contributed by atoms with Crippen molar-refractivity contribution in [1.29, 1.82) is 0 Å². The molecule has 0 heterocycles. The van der Waals surface area contributed by atoms with Gasteiger partial charge in [-0.05, 0) is 24.5 Å². The van der Waals surface area contributed by atoms with E-state index >= 15 is 0 Å². The summed E-state index contributed by atoms with van der Waals surface area (Å²) in [6.07, 6.45) is 3.19. The van der Waals surface area contributed by atoms with E-state index in [9.17, 15) is 17.2 Å². The first kappa shape index (κ1) is 13.4. The summed E-state index contributed by atoms with van der Waals surface area (Å²) in [5.41, 5.74) is 5.30. The second-order valence-corrected chi connectivity index (χ2v) is 6.83. The van der Waals surface area contributed by atoms with Crippen LogP contribution >= 0.6 is 0 Å². The van der Waals surface area contributed by atoms with Gasteiger partial charge >= 0.3 is 0 Å². The van der Waals surface area contributed by atoms with Crippen LogP contribution in [0.2, 0.25) is 0 Å². The molecule has 1 fully saturated rings. The maximum absolute atomic E-state index is 14.0. The molecule has 1 saturated carbocycles. The zero-order valence-electron chi connectivity index (χ0n) is 10.0. The first-order valence-corrected chi connectivity index (χ1v) is 7.59. The fraction of sp³-hybridized carbons (Fsp3) is 0.500. The van der Waals surface area contributed by atoms with Crippen molar-refractivity contribution >= 4 is 9.84 Å². The molecule has 0 unspecified atom stereocenters. The van der Waals surface area contributed by atoms with Crippen LogP contribution in [0.25, 0.3) is 0 Å². The van der Waals surface area contributed by atoms with Gasteiger partial charge in [0, 0.05) is 18.2 Å². The van der Waals surface area contributed by atoms with Crippen LogP contribution in [0.3, 0.4) is 0 Å². The molecule has 0 radical (unpaired) electrons. The van der Waals surface area contributed by atoms with Crippen LogP contribution in [0.4, 0.5) is 8.78 Å². The lowest BCUT2D eigenvalue weighted by molar-refractivity contribution is 0.241. The molecule has 1 aliphatic rings. The van der Waals surface area contributed by atoms with Crippen molar-refractivity contribution in [3.63, 3.8) is 0 Å². The number of benzene rings is 1. The Balaban J connectivity index is 2.58. The number of hydrogen-bond donors (Lipinski definition) is 1. The van der Waals surface area contributed by atoms with Gasteiger partial charge in [0.05, 0.1) is 0 Å². The lowest BCUT2D eigenvalue weighted by Gasteiger charge is -2.41. The zero-order chi connectivity index (χ0) is 13.6. The monoisotopic (exact) mass is 275 g/mol. The third-order valence-electron chi connectivity index (χ3n) is 3.72. The molecule has 2 N–H and O–H groups in total. The lowest BCUT2D eigenvalue weighted by Crippen LogP contribution is -2.42. The Hall–Kier alpha value is -1.01. The Bertz CT molecular complexity index is 574. The summed E-state index contributed by atoms with van der Waals surface area (Å²) in [4.78, 5) is -0.602. The summed E-state index contributed by atoms with van der Waals surface area (Å²) >= 11 is 0. The third-order valence-corrected chi connectivity index (χ3v) is 4.83. The first-order chi connectivity index (χ1) is 8.32. The molecule has 100 valence electrons. The lowest BCUT2D eigenvalue weighted by atomic mass is 9.64. The number of nitrogens with two attached hydrogens (primary N) is 1. The molecule has 0 aromatic heterocycles. The minimum atomic E-state index is -3.76. The van der Waals surface area contributed by atoms with Gasteiger partial charge in [-0.2, -0.15) is 0 Å².